The van der Waals surface area contributed by atoms with Gasteiger partial charge in [0.05, 0.1) is 12.7 Å². The molecular weight excluding hydrogens is 330 g/mol. The smallest absolute Gasteiger partial charge is 0.337 e. The Kier molecular flexibility index (Phi) is 5.48. The highest BCUT2D eigenvalue weighted by Gasteiger charge is 2.44. The van der Waals surface area contributed by atoms with Crippen LogP contribution in [-0.2, 0) is 25.7 Å². The third kappa shape index (κ3) is 3.82. The molecule has 1 fully saturated rings. The summed E-state index contributed by atoms with van der Waals surface area (Å²) in [5.41, 5.74) is 1.09. The number of urea groups is 1. The van der Waals surface area contributed by atoms with E-state index >= 15 is 0 Å². The van der Waals surface area contributed by atoms with E-state index in [1.807, 2.05) is 0 Å². The number of hydrogen-bond acceptors (Lipinski definition) is 6. The number of benzene rings is 1. The lowest BCUT2D eigenvalue weighted by Crippen LogP contribution is -2.41. The molecule has 1 aliphatic heterocycles. The SMILES string of the molecule is CCN1C(=O)C(=O)N(CC(=O)NCc2ccc(C(=O)OC)cc2)C1=O. The number of imide groups is 2. The standard InChI is InChI=1S/C16H17N3O6/c1-3-18-13(21)14(22)19(16(18)24)9-12(20)17-8-10-4-6-11(7-5-10)15(23)25-2/h4-7H,3,8-9H2,1-2H3,(H,17,20). The lowest BCUT2D eigenvalue weighted by molar-refractivity contribution is -0.143. The number of methoxy groups -OCH3 is 1. The lowest BCUT2D eigenvalue weighted by atomic mass is 10.1. The molecule has 132 valence electrons. The number of nitrogens with zero attached hydrogens (tertiary/aromatic N) is 2. The zero-order valence-corrected chi connectivity index (χ0v) is 13.8. The minimum atomic E-state index is -1.01. The summed E-state index contributed by atoms with van der Waals surface area (Å²) < 4.78 is 4.59. The largest absolute Gasteiger partial charge is 0.465 e. The third-order valence-corrected chi connectivity index (χ3v) is 3.62. The molecule has 0 spiro atoms. The molecule has 1 aromatic carbocycles. The molecule has 1 N–H and O–H groups in total. The molecule has 1 heterocycles. The van der Waals surface area contributed by atoms with Gasteiger partial charge in [0.1, 0.15) is 6.54 Å². The zero-order chi connectivity index (χ0) is 18.6. The molecule has 0 aromatic heterocycles. The van der Waals surface area contributed by atoms with E-state index in [2.05, 4.69) is 10.1 Å². The van der Waals surface area contributed by atoms with Crippen molar-refractivity contribution in [3.05, 3.63) is 35.4 Å². The van der Waals surface area contributed by atoms with Crippen molar-refractivity contribution in [2.24, 2.45) is 0 Å². The van der Waals surface area contributed by atoms with Gasteiger partial charge >= 0.3 is 23.8 Å². The summed E-state index contributed by atoms with van der Waals surface area (Å²) in [6, 6.07) is 5.59. The number of hydrogen-bond donors (Lipinski definition) is 1. The quantitative estimate of drug-likeness (QED) is 0.437. The molecule has 0 aliphatic carbocycles. The number of amides is 5. The van der Waals surface area contributed by atoms with Crippen molar-refractivity contribution in [3.63, 3.8) is 0 Å². The van der Waals surface area contributed by atoms with Crippen LogP contribution in [0.15, 0.2) is 24.3 Å². The summed E-state index contributed by atoms with van der Waals surface area (Å²) in [4.78, 5) is 59.8. The molecule has 2 rings (SSSR count). The maximum atomic E-state index is 11.9. The van der Waals surface area contributed by atoms with E-state index in [0.717, 1.165) is 4.90 Å². The zero-order valence-electron chi connectivity index (χ0n) is 13.8. The summed E-state index contributed by atoms with van der Waals surface area (Å²) in [5, 5.41) is 2.55. The predicted octanol–water partition coefficient (Wildman–Crippen LogP) is -0.0999. The Morgan fingerprint density at radius 1 is 1.04 bits per heavy atom. The van der Waals surface area contributed by atoms with Crippen molar-refractivity contribution in [1.29, 1.82) is 0 Å². The Hall–Kier alpha value is -3.23. The summed E-state index contributed by atoms with van der Waals surface area (Å²) in [6.07, 6.45) is 0. The number of carbonyl (C=O) groups excluding carboxylic acids is 5. The first-order chi connectivity index (χ1) is 11.9. The van der Waals surface area contributed by atoms with Gasteiger partial charge in [-0.05, 0) is 24.6 Å². The number of likely N-dealkylation sites (N-methyl/N-ethyl adjacent to an activating group) is 1. The number of esters is 1. The molecule has 25 heavy (non-hydrogen) atoms. The molecule has 0 unspecified atom stereocenters. The summed E-state index contributed by atoms with van der Waals surface area (Å²) >= 11 is 0. The average Bonchev–Trinajstić information content (AvgIpc) is 2.82. The van der Waals surface area contributed by atoms with Crippen molar-refractivity contribution in [2.75, 3.05) is 20.2 Å². The number of ether oxygens (including phenoxy) is 1. The monoisotopic (exact) mass is 347 g/mol. The molecule has 0 atom stereocenters. The minimum absolute atomic E-state index is 0.0636. The summed E-state index contributed by atoms with van der Waals surface area (Å²) in [5.74, 6) is -2.99. The van der Waals surface area contributed by atoms with Crippen molar-refractivity contribution in [2.45, 2.75) is 13.5 Å². The highest BCUT2D eigenvalue weighted by molar-refractivity contribution is 6.45. The van der Waals surface area contributed by atoms with Crippen LogP contribution in [-0.4, -0.2) is 59.7 Å². The van der Waals surface area contributed by atoms with Gasteiger partial charge < -0.3 is 10.1 Å². The molecule has 9 heteroatoms. The van der Waals surface area contributed by atoms with Crippen molar-refractivity contribution < 1.29 is 28.7 Å². The van der Waals surface area contributed by atoms with Gasteiger partial charge in [-0.2, -0.15) is 0 Å². The van der Waals surface area contributed by atoms with Crippen LogP contribution in [0.25, 0.3) is 0 Å². The van der Waals surface area contributed by atoms with Crippen LogP contribution >= 0.6 is 0 Å². The average molecular weight is 347 g/mol. The van der Waals surface area contributed by atoms with Crippen LogP contribution in [0.5, 0.6) is 0 Å². The van der Waals surface area contributed by atoms with E-state index < -0.39 is 36.3 Å². The topological polar surface area (TPSA) is 113 Å². The van der Waals surface area contributed by atoms with E-state index in [1.54, 1.807) is 31.2 Å². The highest BCUT2D eigenvalue weighted by Crippen LogP contribution is 2.11. The van der Waals surface area contributed by atoms with Crippen LogP contribution in [0.2, 0.25) is 0 Å². The number of rotatable bonds is 6. The van der Waals surface area contributed by atoms with E-state index in [9.17, 15) is 24.0 Å². The second-order valence-electron chi connectivity index (χ2n) is 5.19. The number of carbonyl (C=O) groups is 5. The molecule has 1 aliphatic rings. The van der Waals surface area contributed by atoms with Crippen LogP contribution in [0.3, 0.4) is 0 Å². The van der Waals surface area contributed by atoms with Crippen LogP contribution in [0.1, 0.15) is 22.8 Å². The van der Waals surface area contributed by atoms with E-state index in [1.165, 1.54) is 7.11 Å². The molecule has 1 aromatic rings. The normalized spacial score (nSPS) is 14.1. The second kappa shape index (κ2) is 7.56. The molecule has 0 radical (unpaired) electrons. The fourth-order valence-corrected chi connectivity index (χ4v) is 2.25. The third-order valence-electron chi connectivity index (χ3n) is 3.62. The first-order valence-electron chi connectivity index (χ1n) is 7.50. The molecule has 0 saturated carbocycles. The molecule has 5 amide bonds. The van der Waals surface area contributed by atoms with Gasteiger partial charge in [0.15, 0.2) is 0 Å². The number of nitrogens with one attached hydrogen (secondary N) is 1. The van der Waals surface area contributed by atoms with Gasteiger partial charge in [-0.15, -0.1) is 0 Å². The van der Waals surface area contributed by atoms with Gasteiger partial charge in [-0.3, -0.25) is 19.3 Å². The van der Waals surface area contributed by atoms with Crippen LogP contribution in [0.4, 0.5) is 4.79 Å². The first kappa shape index (κ1) is 18.1. The molecular formula is C16H17N3O6. The molecule has 9 nitrogen and oxygen atoms in total. The van der Waals surface area contributed by atoms with Crippen molar-refractivity contribution in [3.8, 4) is 0 Å². The Balaban J connectivity index is 1.91. The Labute approximate surface area is 143 Å². The molecule has 0 bridgehead atoms. The highest BCUT2D eigenvalue weighted by atomic mass is 16.5. The maximum absolute atomic E-state index is 11.9. The Morgan fingerprint density at radius 2 is 1.64 bits per heavy atom. The van der Waals surface area contributed by atoms with Gasteiger partial charge in [0.2, 0.25) is 5.91 Å². The van der Waals surface area contributed by atoms with Gasteiger partial charge in [0, 0.05) is 13.1 Å². The molecule has 1 saturated heterocycles. The van der Waals surface area contributed by atoms with Crippen molar-refractivity contribution >= 4 is 29.7 Å². The van der Waals surface area contributed by atoms with E-state index in [4.69, 9.17) is 0 Å². The van der Waals surface area contributed by atoms with Crippen LogP contribution in [0, 0.1) is 0 Å². The van der Waals surface area contributed by atoms with E-state index in [-0.39, 0.29) is 13.1 Å². The lowest BCUT2D eigenvalue weighted by Gasteiger charge is -2.14. The summed E-state index contributed by atoms with van der Waals surface area (Å²) in [7, 11) is 1.28. The van der Waals surface area contributed by atoms with Crippen LogP contribution < -0.4 is 5.32 Å². The predicted molar refractivity (Wildman–Crippen MR) is 84.1 cm³/mol. The van der Waals surface area contributed by atoms with E-state index in [0.29, 0.717) is 16.0 Å². The Bertz CT molecular complexity index is 728. The fourth-order valence-electron chi connectivity index (χ4n) is 2.25. The Morgan fingerprint density at radius 3 is 2.16 bits per heavy atom. The minimum Gasteiger partial charge on any atom is -0.465 e. The van der Waals surface area contributed by atoms with Gasteiger partial charge in [-0.1, -0.05) is 12.1 Å². The van der Waals surface area contributed by atoms with Gasteiger partial charge in [-0.25, -0.2) is 14.5 Å². The maximum Gasteiger partial charge on any atom is 0.337 e. The first-order valence-corrected chi connectivity index (χ1v) is 7.50. The fraction of sp³-hybridized carbons (Fsp3) is 0.312. The van der Waals surface area contributed by atoms with Crippen molar-refractivity contribution in [1.82, 2.24) is 15.1 Å². The summed E-state index contributed by atoms with van der Waals surface area (Å²) in [6.45, 7) is 1.24. The second-order valence-corrected chi connectivity index (χ2v) is 5.19. The van der Waals surface area contributed by atoms with Gasteiger partial charge in [0.25, 0.3) is 0 Å².